The van der Waals surface area contributed by atoms with E-state index in [4.69, 9.17) is 11.6 Å². The van der Waals surface area contributed by atoms with Crippen LogP contribution in [0.3, 0.4) is 0 Å². The number of nitrogens with one attached hydrogen (secondary N) is 1. The van der Waals surface area contributed by atoms with Crippen molar-refractivity contribution >= 4 is 17.5 Å². The second kappa shape index (κ2) is 6.83. The van der Waals surface area contributed by atoms with Crippen LogP contribution in [0.1, 0.15) is 49.3 Å². The molecule has 1 amide bonds. The minimum atomic E-state index is -0.192. The third-order valence-corrected chi connectivity index (χ3v) is 5.26. The van der Waals surface area contributed by atoms with E-state index in [2.05, 4.69) is 44.3 Å². The lowest BCUT2D eigenvalue weighted by molar-refractivity contribution is -0.122. The standard InChI is InChI=1S/C18H26ClNO/c1-13-6-8-18(12-19,9-7-13)20-17(21)11-16-10-14(2)4-5-15(16)3/h4-5,10,13H,6-9,11-12H2,1-3H3,(H,20,21). The molecule has 2 nitrogen and oxygen atoms in total. The zero-order valence-electron chi connectivity index (χ0n) is 13.3. The normalized spacial score (nSPS) is 25.6. The molecule has 116 valence electrons. The van der Waals surface area contributed by atoms with E-state index in [1.165, 1.54) is 11.1 Å². The van der Waals surface area contributed by atoms with E-state index in [1.807, 2.05) is 0 Å². The summed E-state index contributed by atoms with van der Waals surface area (Å²) in [6, 6.07) is 6.27. The van der Waals surface area contributed by atoms with E-state index >= 15 is 0 Å². The van der Waals surface area contributed by atoms with Crippen molar-refractivity contribution in [2.45, 2.75) is 58.4 Å². The number of hydrogen-bond donors (Lipinski definition) is 1. The minimum absolute atomic E-state index is 0.0962. The van der Waals surface area contributed by atoms with Crippen LogP contribution in [0.4, 0.5) is 0 Å². The second-order valence-corrected chi connectivity index (χ2v) is 7.02. The highest BCUT2D eigenvalue weighted by Gasteiger charge is 2.34. The number of rotatable bonds is 4. The lowest BCUT2D eigenvalue weighted by Crippen LogP contribution is -2.52. The van der Waals surface area contributed by atoms with Gasteiger partial charge in [-0.1, -0.05) is 30.7 Å². The number of alkyl halides is 1. The van der Waals surface area contributed by atoms with Gasteiger partial charge in [0.15, 0.2) is 0 Å². The summed E-state index contributed by atoms with van der Waals surface area (Å²) in [6.07, 6.45) is 4.74. The summed E-state index contributed by atoms with van der Waals surface area (Å²) >= 11 is 6.17. The van der Waals surface area contributed by atoms with Crippen LogP contribution in [-0.2, 0) is 11.2 Å². The Morgan fingerprint density at radius 2 is 2.00 bits per heavy atom. The van der Waals surface area contributed by atoms with Gasteiger partial charge in [0.1, 0.15) is 0 Å². The van der Waals surface area contributed by atoms with Crippen molar-refractivity contribution < 1.29 is 4.79 Å². The Balaban J connectivity index is 2.01. The quantitative estimate of drug-likeness (QED) is 0.832. The minimum Gasteiger partial charge on any atom is -0.349 e. The van der Waals surface area contributed by atoms with Gasteiger partial charge in [-0.2, -0.15) is 0 Å². The molecular formula is C18H26ClNO. The number of carbonyl (C=O) groups is 1. The lowest BCUT2D eigenvalue weighted by Gasteiger charge is -2.38. The molecule has 0 unspecified atom stereocenters. The molecule has 0 atom stereocenters. The lowest BCUT2D eigenvalue weighted by atomic mass is 9.78. The molecule has 1 aliphatic rings. The summed E-state index contributed by atoms with van der Waals surface area (Å²) in [7, 11) is 0. The monoisotopic (exact) mass is 307 g/mol. The summed E-state index contributed by atoms with van der Waals surface area (Å²) in [5.41, 5.74) is 3.29. The van der Waals surface area contributed by atoms with Crippen LogP contribution >= 0.6 is 11.6 Å². The highest BCUT2D eigenvalue weighted by molar-refractivity contribution is 6.18. The molecule has 1 aromatic carbocycles. The Bertz CT molecular complexity index is 504. The Hall–Kier alpha value is -1.02. The van der Waals surface area contributed by atoms with Crippen LogP contribution in [0, 0.1) is 19.8 Å². The largest absolute Gasteiger partial charge is 0.349 e. The first-order chi connectivity index (χ1) is 9.94. The van der Waals surface area contributed by atoms with Crippen LogP contribution in [0.15, 0.2) is 18.2 Å². The van der Waals surface area contributed by atoms with Gasteiger partial charge in [0.25, 0.3) is 0 Å². The fraction of sp³-hybridized carbons (Fsp3) is 0.611. The summed E-state index contributed by atoms with van der Waals surface area (Å²) in [5.74, 6) is 1.36. The number of aryl methyl sites for hydroxylation is 2. The Morgan fingerprint density at radius 3 is 2.62 bits per heavy atom. The Labute approximate surface area is 133 Å². The molecule has 0 aliphatic heterocycles. The van der Waals surface area contributed by atoms with Gasteiger partial charge in [-0.25, -0.2) is 0 Å². The molecule has 21 heavy (non-hydrogen) atoms. The van der Waals surface area contributed by atoms with Crippen LogP contribution in [-0.4, -0.2) is 17.3 Å². The van der Waals surface area contributed by atoms with Crippen molar-refractivity contribution in [3.8, 4) is 0 Å². The molecule has 0 spiro atoms. The van der Waals surface area contributed by atoms with Crippen molar-refractivity contribution in [3.05, 3.63) is 34.9 Å². The van der Waals surface area contributed by atoms with Crippen LogP contribution in [0.5, 0.6) is 0 Å². The van der Waals surface area contributed by atoms with E-state index in [0.717, 1.165) is 37.2 Å². The summed E-state index contributed by atoms with van der Waals surface area (Å²) in [6.45, 7) is 6.39. The maximum Gasteiger partial charge on any atom is 0.224 e. The van der Waals surface area contributed by atoms with E-state index in [0.29, 0.717) is 12.3 Å². The van der Waals surface area contributed by atoms with Crippen molar-refractivity contribution in [1.82, 2.24) is 5.32 Å². The first-order valence-corrected chi connectivity index (χ1v) is 8.41. The van der Waals surface area contributed by atoms with Gasteiger partial charge in [-0.15, -0.1) is 11.6 Å². The maximum atomic E-state index is 12.4. The van der Waals surface area contributed by atoms with E-state index in [1.54, 1.807) is 0 Å². The molecule has 1 N–H and O–H groups in total. The molecule has 3 heteroatoms. The van der Waals surface area contributed by atoms with Gasteiger partial charge in [0.2, 0.25) is 5.91 Å². The number of hydrogen-bond acceptors (Lipinski definition) is 1. The third kappa shape index (κ3) is 4.23. The molecule has 0 saturated heterocycles. The first-order valence-electron chi connectivity index (χ1n) is 7.87. The second-order valence-electron chi connectivity index (χ2n) is 6.75. The summed E-state index contributed by atoms with van der Waals surface area (Å²) in [4.78, 5) is 12.4. The van der Waals surface area contributed by atoms with Gasteiger partial charge in [-0.3, -0.25) is 4.79 Å². The zero-order chi connectivity index (χ0) is 15.5. The highest BCUT2D eigenvalue weighted by Crippen LogP contribution is 2.32. The molecule has 0 aromatic heterocycles. The van der Waals surface area contributed by atoms with Gasteiger partial charge < -0.3 is 5.32 Å². The number of amides is 1. The highest BCUT2D eigenvalue weighted by atomic mass is 35.5. The topological polar surface area (TPSA) is 29.1 Å². The Morgan fingerprint density at radius 1 is 1.33 bits per heavy atom. The summed E-state index contributed by atoms with van der Waals surface area (Å²) < 4.78 is 0. The fourth-order valence-electron chi connectivity index (χ4n) is 3.11. The maximum absolute atomic E-state index is 12.4. The molecule has 0 radical (unpaired) electrons. The zero-order valence-corrected chi connectivity index (χ0v) is 14.1. The molecule has 1 aliphatic carbocycles. The van der Waals surface area contributed by atoms with Crippen molar-refractivity contribution in [3.63, 3.8) is 0 Å². The van der Waals surface area contributed by atoms with E-state index < -0.39 is 0 Å². The Kier molecular flexibility index (Phi) is 5.32. The smallest absolute Gasteiger partial charge is 0.224 e. The third-order valence-electron chi connectivity index (χ3n) is 4.75. The van der Waals surface area contributed by atoms with Crippen LogP contribution in [0.2, 0.25) is 0 Å². The van der Waals surface area contributed by atoms with Crippen molar-refractivity contribution in [1.29, 1.82) is 0 Å². The van der Waals surface area contributed by atoms with Crippen LogP contribution in [0.25, 0.3) is 0 Å². The number of carbonyl (C=O) groups excluding carboxylic acids is 1. The molecule has 1 saturated carbocycles. The van der Waals surface area contributed by atoms with E-state index in [9.17, 15) is 4.79 Å². The van der Waals surface area contributed by atoms with Crippen LogP contribution < -0.4 is 5.32 Å². The van der Waals surface area contributed by atoms with Crippen molar-refractivity contribution in [2.24, 2.45) is 5.92 Å². The van der Waals surface area contributed by atoms with Gasteiger partial charge in [-0.05, 0) is 56.6 Å². The molecular weight excluding hydrogens is 282 g/mol. The van der Waals surface area contributed by atoms with Gasteiger partial charge >= 0.3 is 0 Å². The summed E-state index contributed by atoms with van der Waals surface area (Å²) in [5, 5.41) is 3.23. The number of benzene rings is 1. The van der Waals surface area contributed by atoms with E-state index in [-0.39, 0.29) is 11.4 Å². The van der Waals surface area contributed by atoms with Gasteiger partial charge in [0.05, 0.1) is 12.0 Å². The molecule has 0 bridgehead atoms. The number of halogens is 1. The molecule has 1 aromatic rings. The fourth-order valence-corrected chi connectivity index (χ4v) is 3.44. The predicted molar refractivity (Wildman–Crippen MR) is 88.8 cm³/mol. The molecule has 1 fully saturated rings. The SMILES string of the molecule is Cc1ccc(C)c(CC(=O)NC2(CCl)CCC(C)CC2)c1. The average Bonchev–Trinajstić information content (AvgIpc) is 2.46. The van der Waals surface area contributed by atoms with Crippen molar-refractivity contribution in [2.75, 3.05) is 5.88 Å². The van der Waals surface area contributed by atoms with Gasteiger partial charge in [0, 0.05) is 5.88 Å². The average molecular weight is 308 g/mol. The predicted octanol–water partition coefficient (Wildman–Crippen LogP) is 4.15. The molecule has 0 heterocycles. The first kappa shape index (κ1) is 16.4. The molecule has 2 rings (SSSR count).